The van der Waals surface area contributed by atoms with Crippen molar-refractivity contribution in [2.24, 2.45) is 0 Å². The minimum absolute atomic E-state index is 0.0573. The molecule has 2 heterocycles. The predicted molar refractivity (Wildman–Crippen MR) is 139 cm³/mol. The van der Waals surface area contributed by atoms with Gasteiger partial charge in [-0.15, -0.1) is 0 Å². The molecule has 0 aliphatic carbocycles. The van der Waals surface area contributed by atoms with Crippen molar-refractivity contribution in [3.05, 3.63) is 82.0 Å². The molecule has 0 unspecified atom stereocenters. The molecule has 1 fully saturated rings. The van der Waals surface area contributed by atoms with Crippen LogP contribution >= 0.6 is 35.0 Å². The summed E-state index contributed by atoms with van der Waals surface area (Å²) >= 11 is 12.3. The molecule has 7 nitrogen and oxygen atoms in total. The van der Waals surface area contributed by atoms with Crippen LogP contribution in [0.3, 0.4) is 0 Å². The SMILES string of the molecule is CC1(C)C(=O)N(c2ccc(SC(F)F)cc2)C(=O)N1Cc1ccnc(NC(=O)c2cc(Cl)cc(Cl)c2)c1. The number of urea groups is 1. The quantitative estimate of drug-likeness (QED) is 0.255. The number of nitrogens with zero attached hydrogens (tertiary/aromatic N) is 3. The highest BCUT2D eigenvalue weighted by atomic mass is 35.5. The molecule has 1 aromatic heterocycles. The number of thioether (sulfide) groups is 1. The van der Waals surface area contributed by atoms with E-state index in [1.807, 2.05) is 0 Å². The first-order valence-corrected chi connectivity index (χ1v) is 12.5. The number of nitrogens with one attached hydrogen (secondary N) is 1. The van der Waals surface area contributed by atoms with E-state index in [-0.39, 0.29) is 23.6 Å². The fraction of sp³-hybridized carbons (Fsp3) is 0.200. The van der Waals surface area contributed by atoms with Crippen molar-refractivity contribution in [1.82, 2.24) is 9.88 Å². The Labute approximate surface area is 225 Å². The second-order valence-corrected chi connectivity index (χ2v) is 10.5. The zero-order valence-electron chi connectivity index (χ0n) is 19.5. The minimum atomic E-state index is -2.58. The van der Waals surface area contributed by atoms with Crippen LogP contribution in [0.1, 0.15) is 29.8 Å². The molecule has 37 heavy (non-hydrogen) atoms. The fourth-order valence-electron chi connectivity index (χ4n) is 3.80. The van der Waals surface area contributed by atoms with E-state index in [0.29, 0.717) is 32.3 Å². The number of carbonyl (C=O) groups excluding carboxylic acids is 3. The highest BCUT2D eigenvalue weighted by Gasteiger charge is 2.51. The largest absolute Gasteiger partial charge is 0.332 e. The number of carbonyl (C=O) groups is 3. The molecule has 1 aliphatic heterocycles. The van der Waals surface area contributed by atoms with E-state index < -0.39 is 29.1 Å². The van der Waals surface area contributed by atoms with Gasteiger partial charge >= 0.3 is 6.03 Å². The van der Waals surface area contributed by atoms with Gasteiger partial charge in [0.15, 0.2) is 0 Å². The molecule has 0 saturated carbocycles. The topological polar surface area (TPSA) is 82.6 Å². The van der Waals surface area contributed by atoms with Crippen molar-refractivity contribution >= 4 is 64.3 Å². The molecule has 192 valence electrons. The van der Waals surface area contributed by atoms with E-state index in [9.17, 15) is 23.2 Å². The van der Waals surface area contributed by atoms with E-state index in [0.717, 1.165) is 4.90 Å². The third-order valence-electron chi connectivity index (χ3n) is 5.67. The van der Waals surface area contributed by atoms with Crippen molar-refractivity contribution in [1.29, 1.82) is 0 Å². The zero-order chi connectivity index (χ0) is 26.9. The summed E-state index contributed by atoms with van der Waals surface area (Å²) in [6.45, 7) is 3.31. The number of hydrogen-bond donors (Lipinski definition) is 1. The van der Waals surface area contributed by atoms with Crippen molar-refractivity contribution in [2.75, 3.05) is 10.2 Å². The Morgan fingerprint density at radius 3 is 2.32 bits per heavy atom. The second-order valence-electron chi connectivity index (χ2n) is 8.60. The summed E-state index contributed by atoms with van der Waals surface area (Å²) in [7, 11) is 0. The van der Waals surface area contributed by atoms with Gasteiger partial charge < -0.3 is 10.2 Å². The number of anilines is 2. The summed E-state index contributed by atoms with van der Waals surface area (Å²) in [5, 5.41) is 3.29. The molecule has 4 rings (SSSR count). The van der Waals surface area contributed by atoms with E-state index in [2.05, 4.69) is 10.3 Å². The lowest BCUT2D eigenvalue weighted by atomic mass is 10.0. The van der Waals surface area contributed by atoms with Crippen LogP contribution in [-0.2, 0) is 11.3 Å². The van der Waals surface area contributed by atoms with Gasteiger partial charge in [-0.3, -0.25) is 9.59 Å². The molecule has 0 spiro atoms. The smallest absolute Gasteiger partial charge is 0.307 e. The van der Waals surface area contributed by atoms with Crippen LogP contribution in [-0.4, -0.2) is 39.0 Å². The minimum Gasteiger partial charge on any atom is -0.307 e. The third-order valence-corrected chi connectivity index (χ3v) is 6.83. The van der Waals surface area contributed by atoms with Crippen LogP contribution in [0.4, 0.5) is 25.1 Å². The normalized spacial score (nSPS) is 15.0. The summed E-state index contributed by atoms with van der Waals surface area (Å²) in [4.78, 5) is 46.0. The molecule has 12 heteroatoms. The molecular formula is C25H20Cl2F2N4O3S. The Morgan fingerprint density at radius 1 is 1.05 bits per heavy atom. The number of hydrogen-bond acceptors (Lipinski definition) is 5. The molecule has 1 N–H and O–H groups in total. The predicted octanol–water partition coefficient (Wildman–Crippen LogP) is 6.70. The molecule has 2 aromatic carbocycles. The number of halogens is 4. The van der Waals surface area contributed by atoms with Gasteiger partial charge in [-0.05, 0) is 74.0 Å². The first-order chi connectivity index (χ1) is 17.5. The maximum Gasteiger partial charge on any atom is 0.332 e. The Balaban J connectivity index is 1.52. The number of benzene rings is 2. The van der Waals surface area contributed by atoms with Gasteiger partial charge in [0.25, 0.3) is 17.6 Å². The number of amides is 4. The van der Waals surface area contributed by atoms with Crippen LogP contribution in [0.25, 0.3) is 0 Å². The molecule has 1 aliphatic rings. The molecule has 0 atom stereocenters. The van der Waals surface area contributed by atoms with Crippen molar-refractivity contribution in [3.63, 3.8) is 0 Å². The van der Waals surface area contributed by atoms with Crippen molar-refractivity contribution < 1.29 is 23.2 Å². The Bertz CT molecular complexity index is 1350. The Morgan fingerprint density at radius 2 is 1.70 bits per heavy atom. The summed E-state index contributed by atoms with van der Waals surface area (Å²) < 4.78 is 25.2. The molecular weight excluding hydrogens is 545 g/mol. The third kappa shape index (κ3) is 5.87. The van der Waals surface area contributed by atoms with Gasteiger partial charge in [0.1, 0.15) is 11.4 Å². The zero-order valence-corrected chi connectivity index (χ0v) is 21.9. The standard InChI is InChI=1S/C25H20Cl2F2N4O3S/c1-25(2)22(35)33(18-3-5-19(6-4-18)37-23(28)29)24(36)32(25)13-14-7-8-30-20(9-14)31-21(34)15-10-16(26)12-17(27)11-15/h3-12,23H,13H2,1-2H3,(H,30,31,34). The average molecular weight is 565 g/mol. The van der Waals surface area contributed by atoms with Gasteiger partial charge in [-0.2, -0.15) is 8.78 Å². The van der Waals surface area contributed by atoms with Gasteiger partial charge in [-0.1, -0.05) is 35.0 Å². The maximum absolute atomic E-state index is 13.3. The van der Waals surface area contributed by atoms with Crippen LogP contribution < -0.4 is 10.2 Å². The molecule has 3 aromatic rings. The fourth-order valence-corrected chi connectivity index (χ4v) is 4.83. The van der Waals surface area contributed by atoms with Crippen LogP contribution in [0.5, 0.6) is 0 Å². The average Bonchev–Trinajstić information content (AvgIpc) is 2.98. The number of aromatic nitrogens is 1. The first-order valence-electron chi connectivity index (χ1n) is 10.9. The van der Waals surface area contributed by atoms with Crippen LogP contribution in [0, 0.1) is 0 Å². The van der Waals surface area contributed by atoms with Crippen LogP contribution in [0.15, 0.2) is 65.7 Å². The molecule has 0 radical (unpaired) electrons. The first kappa shape index (κ1) is 26.8. The molecule has 0 bridgehead atoms. The van der Waals surface area contributed by atoms with E-state index in [4.69, 9.17) is 23.2 Å². The number of pyridine rings is 1. The monoisotopic (exact) mass is 564 g/mol. The van der Waals surface area contributed by atoms with Crippen molar-refractivity contribution in [3.8, 4) is 0 Å². The second kappa shape index (κ2) is 10.6. The Hall–Kier alpha value is -3.21. The summed E-state index contributed by atoms with van der Waals surface area (Å²) in [6.07, 6.45) is 1.47. The summed E-state index contributed by atoms with van der Waals surface area (Å²) in [6, 6.07) is 12.9. The number of imide groups is 1. The Kier molecular flexibility index (Phi) is 7.72. The van der Waals surface area contributed by atoms with Gasteiger partial charge in [-0.25, -0.2) is 14.7 Å². The summed E-state index contributed by atoms with van der Waals surface area (Å²) in [5.41, 5.74) is -0.0291. The molecule has 4 amide bonds. The van der Waals surface area contributed by atoms with Crippen LogP contribution in [0.2, 0.25) is 10.0 Å². The summed E-state index contributed by atoms with van der Waals surface area (Å²) in [5.74, 6) is -3.26. The van der Waals surface area contributed by atoms with Crippen molar-refractivity contribution in [2.45, 2.75) is 36.6 Å². The van der Waals surface area contributed by atoms with E-state index in [1.165, 1.54) is 53.6 Å². The van der Waals surface area contributed by atoms with Gasteiger partial charge in [0, 0.05) is 33.2 Å². The lowest BCUT2D eigenvalue weighted by molar-refractivity contribution is -0.123. The highest BCUT2D eigenvalue weighted by molar-refractivity contribution is 7.99. The maximum atomic E-state index is 13.3. The number of rotatable bonds is 7. The van der Waals surface area contributed by atoms with E-state index >= 15 is 0 Å². The lowest BCUT2D eigenvalue weighted by Crippen LogP contribution is -2.43. The molecule has 1 saturated heterocycles. The van der Waals surface area contributed by atoms with Gasteiger partial charge in [0.05, 0.1) is 5.69 Å². The van der Waals surface area contributed by atoms with Gasteiger partial charge in [0.2, 0.25) is 0 Å². The van der Waals surface area contributed by atoms with E-state index in [1.54, 1.807) is 26.0 Å². The lowest BCUT2D eigenvalue weighted by Gasteiger charge is -2.27. The highest BCUT2D eigenvalue weighted by Crippen LogP contribution is 2.35. The number of alkyl halides is 2.